The van der Waals surface area contributed by atoms with Crippen LogP contribution in [0.2, 0.25) is 0 Å². The summed E-state index contributed by atoms with van der Waals surface area (Å²) in [5, 5.41) is 9.23. The second-order valence-corrected chi connectivity index (χ2v) is 5.62. The summed E-state index contributed by atoms with van der Waals surface area (Å²) in [6, 6.07) is 6.12. The highest BCUT2D eigenvalue weighted by atomic mass is 16.3. The molecule has 0 aliphatic heterocycles. The van der Waals surface area contributed by atoms with Gasteiger partial charge in [0.2, 0.25) is 5.91 Å². The standard InChI is InChI=1S/C17H23N3O2/c1-12-4-5-13(2)15(8-12)9-17(22)20(6-7-21)10-16-14(3)18-11-19-16/h4-5,8,11,21H,6-7,9-10H2,1-3H3,(H,18,19). The van der Waals surface area contributed by atoms with E-state index in [-0.39, 0.29) is 12.5 Å². The van der Waals surface area contributed by atoms with Gasteiger partial charge < -0.3 is 15.0 Å². The minimum absolute atomic E-state index is 0.00477. The maximum absolute atomic E-state index is 12.6. The van der Waals surface area contributed by atoms with Crippen molar-refractivity contribution in [2.75, 3.05) is 13.2 Å². The summed E-state index contributed by atoms with van der Waals surface area (Å²) >= 11 is 0. The Morgan fingerprint density at radius 1 is 1.32 bits per heavy atom. The van der Waals surface area contributed by atoms with E-state index in [2.05, 4.69) is 9.97 Å². The summed E-state index contributed by atoms with van der Waals surface area (Å²) in [5.41, 5.74) is 5.07. The molecule has 1 heterocycles. The van der Waals surface area contributed by atoms with Crippen molar-refractivity contribution in [1.29, 1.82) is 0 Å². The Bertz CT molecular complexity index is 649. The number of nitrogens with one attached hydrogen (secondary N) is 1. The minimum atomic E-state index is -0.0536. The molecule has 1 amide bonds. The monoisotopic (exact) mass is 301 g/mol. The van der Waals surface area contributed by atoms with Crippen LogP contribution in [-0.4, -0.2) is 39.0 Å². The lowest BCUT2D eigenvalue weighted by atomic mass is 10.0. The minimum Gasteiger partial charge on any atom is -0.395 e. The van der Waals surface area contributed by atoms with Crippen molar-refractivity contribution >= 4 is 5.91 Å². The van der Waals surface area contributed by atoms with Crippen molar-refractivity contribution < 1.29 is 9.90 Å². The van der Waals surface area contributed by atoms with Gasteiger partial charge in [-0.25, -0.2) is 4.98 Å². The van der Waals surface area contributed by atoms with Crippen LogP contribution < -0.4 is 0 Å². The van der Waals surface area contributed by atoms with E-state index >= 15 is 0 Å². The summed E-state index contributed by atoms with van der Waals surface area (Å²) < 4.78 is 0. The molecule has 0 saturated carbocycles. The average molecular weight is 301 g/mol. The third-order valence-electron chi connectivity index (χ3n) is 3.84. The van der Waals surface area contributed by atoms with Crippen LogP contribution in [0, 0.1) is 20.8 Å². The summed E-state index contributed by atoms with van der Waals surface area (Å²) in [5.74, 6) is 0.00477. The fourth-order valence-corrected chi connectivity index (χ4v) is 2.41. The van der Waals surface area contributed by atoms with Crippen LogP contribution in [0.3, 0.4) is 0 Å². The number of carbonyl (C=O) groups excluding carboxylic acids is 1. The van der Waals surface area contributed by atoms with Gasteiger partial charge in [-0.3, -0.25) is 4.79 Å². The molecule has 0 aliphatic rings. The van der Waals surface area contributed by atoms with Crippen molar-refractivity contribution in [2.45, 2.75) is 33.7 Å². The molecule has 0 fully saturated rings. The molecular weight excluding hydrogens is 278 g/mol. The number of aromatic nitrogens is 2. The lowest BCUT2D eigenvalue weighted by Crippen LogP contribution is -2.34. The molecule has 0 spiro atoms. The van der Waals surface area contributed by atoms with Crippen LogP contribution in [0.1, 0.15) is 28.1 Å². The zero-order chi connectivity index (χ0) is 16.1. The number of hydrogen-bond donors (Lipinski definition) is 2. The normalized spacial score (nSPS) is 10.7. The number of imidazole rings is 1. The predicted octanol–water partition coefficient (Wildman–Crippen LogP) is 1.90. The second-order valence-electron chi connectivity index (χ2n) is 5.62. The second kappa shape index (κ2) is 7.22. The molecule has 0 aliphatic carbocycles. The van der Waals surface area contributed by atoms with Crippen molar-refractivity contribution in [3.63, 3.8) is 0 Å². The van der Waals surface area contributed by atoms with Gasteiger partial charge in [-0.2, -0.15) is 0 Å². The van der Waals surface area contributed by atoms with E-state index in [0.29, 0.717) is 19.5 Å². The predicted molar refractivity (Wildman–Crippen MR) is 85.4 cm³/mol. The number of hydrogen-bond acceptors (Lipinski definition) is 3. The van der Waals surface area contributed by atoms with E-state index < -0.39 is 0 Å². The Labute approximate surface area is 131 Å². The molecule has 5 nitrogen and oxygen atoms in total. The van der Waals surface area contributed by atoms with Crippen LogP contribution in [0.5, 0.6) is 0 Å². The van der Waals surface area contributed by atoms with Crippen LogP contribution in [0.15, 0.2) is 24.5 Å². The SMILES string of the molecule is Cc1ccc(C)c(CC(=O)N(CCO)Cc2nc[nH]c2C)c1. The summed E-state index contributed by atoms with van der Waals surface area (Å²) in [4.78, 5) is 21.5. The van der Waals surface area contributed by atoms with Gasteiger partial charge in [0.05, 0.1) is 31.6 Å². The Balaban J connectivity index is 2.12. The van der Waals surface area contributed by atoms with Gasteiger partial charge in [0.15, 0.2) is 0 Å². The van der Waals surface area contributed by atoms with Crippen molar-refractivity contribution in [3.8, 4) is 0 Å². The van der Waals surface area contributed by atoms with Gasteiger partial charge >= 0.3 is 0 Å². The van der Waals surface area contributed by atoms with Crippen molar-refractivity contribution in [2.24, 2.45) is 0 Å². The van der Waals surface area contributed by atoms with Crippen LogP contribution in [-0.2, 0) is 17.8 Å². The number of rotatable bonds is 6. The quantitative estimate of drug-likeness (QED) is 0.856. The molecule has 0 saturated heterocycles. The first kappa shape index (κ1) is 16.2. The number of aromatic amines is 1. The summed E-state index contributed by atoms with van der Waals surface area (Å²) in [6.45, 7) is 6.63. The summed E-state index contributed by atoms with van der Waals surface area (Å²) in [6.07, 6.45) is 1.97. The number of aliphatic hydroxyl groups excluding tert-OH is 1. The number of carbonyl (C=O) groups is 1. The number of nitrogens with zero attached hydrogens (tertiary/aromatic N) is 2. The fraction of sp³-hybridized carbons (Fsp3) is 0.412. The van der Waals surface area contributed by atoms with E-state index in [0.717, 1.165) is 28.1 Å². The van der Waals surface area contributed by atoms with Gasteiger partial charge in [0.1, 0.15) is 0 Å². The van der Waals surface area contributed by atoms with Gasteiger partial charge in [-0.05, 0) is 31.9 Å². The molecule has 5 heteroatoms. The highest BCUT2D eigenvalue weighted by Gasteiger charge is 2.17. The highest BCUT2D eigenvalue weighted by Crippen LogP contribution is 2.14. The zero-order valence-corrected chi connectivity index (χ0v) is 13.4. The first-order chi connectivity index (χ1) is 10.5. The molecule has 1 aromatic heterocycles. The van der Waals surface area contributed by atoms with E-state index in [9.17, 15) is 9.90 Å². The molecule has 118 valence electrons. The maximum atomic E-state index is 12.6. The first-order valence-corrected chi connectivity index (χ1v) is 7.45. The number of H-pyrrole nitrogens is 1. The summed E-state index contributed by atoms with van der Waals surface area (Å²) in [7, 11) is 0. The van der Waals surface area contributed by atoms with E-state index in [1.807, 2.05) is 39.0 Å². The van der Waals surface area contributed by atoms with Crippen LogP contribution in [0.4, 0.5) is 0 Å². The van der Waals surface area contributed by atoms with Gasteiger partial charge in [-0.15, -0.1) is 0 Å². The third-order valence-corrected chi connectivity index (χ3v) is 3.84. The smallest absolute Gasteiger partial charge is 0.227 e. The highest BCUT2D eigenvalue weighted by molar-refractivity contribution is 5.79. The number of aliphatic hydroxyl groups is 1. The molecule has 0 atom stereocenters. The Morgan fingerprint density at radius 2 is 2.09 bits per heavy atom. The molecule has 22 heavy (non-hydrogen) atoms. The number of amides is 1. The molecule has 2 aromatic rings. The van der Waals surface area contributed by atoms with E-state index in [1.54, 1.807) is 11.2 Å². The molecular formula is C17H23N3O2. The van der Waals surface area contributed by atoms with Crippen molar-refractivity contribution in [3.05, 3.63) is 52.6 Å². The first-order valence-electron chi connectivity index (χ1n) is 7.45. The largest absolute Gasteiger partial charge is 0.395 e. The average Bonchev–Trinajstić information content (AvgIpc) is 2.88. The number of aryl methyl sites for hydroxylation is 3. The van der Waals surface area contributed by atoms with E-state index in [4.69, 9.17) is 0 Å². The van der Waals surface area contributed by atoms with Crippen LogP contribution in [0.25, 0.3) is 0 Å². The Morgan fingerprint density at radius 3 is 2.73 bits per heavy atom. The molecule has 2 rings (SSSR count). The third kappa shape index (κ3) is 3.95. The van der Waals surface area contributed by atoms with Crippen molar-refractivity contribution in [1.82, 2.24) is 14.9 Å². The molecule has 1 aromatic carbocycles. The van der Waals surface area contributed by atoms with Crippen LogP contribution >= 0.6 is 0 Å². The Kier molecular flexibility index (Phi) is 5.33. The topological polar surface area (TPSA) is 69.2 Å². The Hall–Kier alpha value is -2.14. The number of benzene rings is 1. The van der Waals surface area contributed by atoms with Gasteiger partial charge in [0.25, 0.3) is 0 Å². The fourth-order valence-electron chi connectivity index (χ4n) is 2.41. The maximum Gasteiger partial charge on any atom is 0.227 e. The molecule has 0 unspecified atom stereocenters. The van der Waals surface area contributed by atoms with E-state index in [1.165, 1.54) is 0 Å². The molecule has 2 N–H and O–H groups in total. The molecule has 0 radical (unpaired) electrons. The zero-order valence-electron chi connectivity index (χ0n) is 13.4. The lowest BCUT2D eigenvalue weighted by Gasteiger charge is -2.22. The lowest BCUT2D eigenvalue weighted by molar-refractivity contribution is -0.131. The molecule has 0 bridgehead atoms. The van der Waals surface area contributed by atoms with Gasteiger partial charge in [0, 0.05) is 12.2 Å². The van der Waals surface area contributed by atoms with Gasteiger partial charge in [-0.1, -0.05) is 23.8 Å².